The Bertz CT molecular complexity index is 340. The molecule has 1 aromatic carbocycles. The summed E-state index contributed by atoms with van der Waals surface area (Å²) in [5, 5.41) is 18.4. The highest BCUT2D eigenvalue weighted by Gasteiger charge is 2.15. The molecule has 0 saturated carbocycles. The summed E-state index contributed by atoms with van der Waals surface area (Å²) >= 11 is 0. The number of nitrogens with zero attached hydrogens (tertiary/aromatic N) is 1. The van der Waals surface area contributed by atoms with Gasteiger partial charge in [-0.15, -0.1) is 0 Å². The fourth-order valence-electron chi connectivity index (χ4n) is 1.39. The lowest BCUT2D eigenvalue weighted by Crippen LogP contribution is -2.08. The molecule has 0 fully saturated rings. The van der Waals surface area contributed by atoms with Crippen LogP contribution in [0.1, 0.15) is 25.0 Å². The molecular weight excluding hydrogens is 190 g/mol. The summed E-state index contributed by atoms with van der Waals surface area (Å²) in [4.78, 5) is 0. The van der Waals surface area contributed by atoms with Gasteiger partial charge < -0.3 is 9.84 Å². The zero-order valence-electron chi connectivity index (χ0n) is 8.97. The van der Waals surface area contributed by atoms with Gasteiger partial charge in [0.1, 0.15) is 5.75 Å². The van der Waals surface area contributed by atoms with E-state index in [4.69, 9.17) is 10.00 Å². The maximum absolute atomic E-state index is 9.89. The van der Waals surface area contributed by atoms with Crippen molar-refractivity contribution >= 4 is 0 Å². The Kier molecular flexibility index (Phi) is 4.14. The van der Waals surface area contributed by atoms with Crippen LogP contribution < -0.4 is 4.74 Å². The van der Waals surface area contributed by atoms with Gasteiger partial charge in [0.25, 0.3) is 0 Å². The van der Waals surface area contributed by atoms with E-state index >= 15 is 0 Å². The molecule has 0 aliphatic heterocycles. The minimum atomic E-state index is -0.587. The van der Waals surface area contributed by atoms with Crippen LogP contribution in [0.5, 0.6) is 5.75 Å². The molecule has 2 atom stereocenters. The third-order valence-corrected chi connectivity index (χ3v) is 2.41. The molecule has 0 saturated heterocycles. The number of nitriles is 1. The smallest absolute Gasteiger partial charge is 0.118 e. The molecule has 0 amide bonds. The minimum Gasteiger partial charge on any atom is -0.497 e. The topological polar surface area (TPSA) is 53.2 Å². The van der Waals surface area contributed by atoms with E-state index in [0.29, 0.717) is 6.42 Å². The second-order valence-corrected chi connectivity index (χ2v) is 3.56. The standard InChI is InChI=1S/C12H15NO2/c1-9(7-8-13)12(14)10-3-5-11(15-2)6-4-10/h3-6,9,12,14H,7H2,1-2H3. The molecule has 1 rings (SSSR count). The van der Waals surface area contributed by atoms with Gasteiger partial charge in [-0.25, -0.2) is 0 Å². The van der Waals surface area contributed by atoms with Crippen LogP contribution in [0.15, 0.2) is 24.3 Å². The third-order valence-electron chi connectivity index (χ3n) is 2.41. The minimum absolute atomic E-state index is 0.0524. The molecule has 0 aliphatic rings. The predicted octanol–water partition coefficient (Wildman–Crippen LogP) is 2.28. The summed E-state index contributed by atoms with van der Waals surface area (Å²) in [6, 6.07) is 9.30. The van der Waals surface area contributed by atoms with Crippen molar-refractivity contribution in [2.45, 2.75) is 19.4 Å². The number of hydrogen-bond acceptors (Lipinski definition) is 3. The Morgan fingerprint density at radius 1 is 1.40 bits per heavy atom. The van der Waals surface area contributed by atoms with Gasteiger partial charge in [0.05, 0.1) is 19.3 Å². The normalized spacial score (nSPS) is 14.0. The Hall–Kier alpha value is -1.53. The monoisotopic (exact) mass is 205 g/mol. The van der Waals surface area contributed by atoms with E-state index < -0.39 is 6.10 Å². The second kappa shape index (κ2) is 5.38. The summed E-state index contributed by atoms with van der Waals surface area (Å²) in [7, 11) is 1.60. The molecule has 0 aromatic heterocycles. The Morgan fingerprint density at radius 2 is 2.00 bits per heavy atom. The van der Waals surface area contributed by atoms with Gasteiger partial charge in [-0.05, 0) is 23.6 Å². The predicted molar refractivity (Wildman–Crippen MR) is 57.3 cm³/mol. The molecule has 0 bridgehead atoms. The van der Waals surface area contributed by atoms with Crippen molar-refractivity contribution < 1.29 is 9.84 Å². The van der Waals surface area contributed by atoms with Gasteiger partial charge in [0.15, 0.2) is 0 Å². The Labute approximate surface area is 89.9 Å². The van der Waals surface area contributed by atoms with E-state index in [9.17, 15) is 5.11 Å². The highest BCUT2D eigenvalue weighted by atomic mass is 16.5. The third kappa shape index (κ3) is 2.97. The molecule has 0 spiro atoms. The molecular formula is C12H15NO2. The summed E-state index contributed by atoms with van der Waals surface area (Å²) in [5.41, 5.74) is 0.818. The molecule has 80 valence electrons. The molecule has 1 N–H and O–H groups in total. The van der Waals surface area contributed by atoms with Gasteiger partial charge in [-0.1, -0.05) is 19.1 Å². The van der Waals surface area contributed by atoms with Crippen LogP contribution in [0.25, 0.3) is 0 Å². The fraction of sp³-hybridized carbons (Fsp3) is 0.417. The first-order chi connectivity index (χ1) is 7.19. The fourth-order valence-corrected chi connectivity index (χ4v) is 1.39. The van der Waals surface area contributed by atoms with Crippen LogP contribution in [0.4, 0.5) is 0 Å². The van der Waals surface area contributed by atoms with Crippen LogP contribution >= 0.6 is 0 Å². The van der Waals surface area contributed by atoms with Crippen LogP contribution in [0.2, 0.25) is 0 Å². The first-order valence-electron chi connectivity index (χ1n) is 4.88. The number of methoxy groups -OCH3 is 1. The lowest BCUT2D eigenvalue weighted by atomic mass is 9.95. The van der Waals surface area contributed by atoms with E-state index in [1.807, 2.05) is 19.1 Å². The van der Waals surface area contributed by atoms with E-state index in [1.54, 1.807) is 19.2 Å². The Balaban J connectivity index is 2.74. The first-order valence-corrected chi connectivity index (χ1v) is 4.88. The number of rotatable bonds is 4. The summed E-state index contributed by atoms with van der Waals surface area (Å²) in [5.74, 6) is 0.710. The number of aliphatic hydroxyl groups is 1. The lowest BCUT2D eigenvalue weighted by Gasteiger charge is -2.16. The quantitative estimate of drug-likeness (QED) is 0.820. The number of aliphatic hydroxyl groups excluding tert-OH is 1. The molecule has 15 heavy (non-hydrogen) atoms. The molecule has 0 heterocycles. The van der Waals surface area contributed by atoms with Crippen LogP contribution in [0, 0.1) is 17.2 Å². The maximum atomic E-state index is 9.89. The van der Waals surface area contributed by atoms with Gasteiger partial charge in [-0.2, -0.15) is 5.26 Å². The second-order valence-electron chi connectivity index (χ2n) is 3.56. The van der Waals surface area contributed by atoms with Crippen molar-refractivity contribution in [3.05, 3.63) is 29.8 Å². The molecule has 0 aliphatic carbocycles. The largest absolute Gasteiger partial charge is 0.497 e. The lowest BCUT2D eigenvalue weighted by molar-refractivity contribution is 0.120. The van der Waals surface area contributed by atoms with Gasteiger partial charge in [0.2, 0.25) is 0 Å². The molecule has 2 unspecified atom stereocenters. The van der Waals surface area contributed by atoms with Crippen LogP contribution in [-0.4, -0.2) is 12.2 Å². The summed E-state index contributed by atoms with van der Waals surface area (Å²) < 4.78 is 5.02. The number of ether oxygens (including phenoxy) is 1. The first kappa shape index (κ1) is 11.5. The highest BCUT2D eigenvalue weighted by Crippen LogP contribution is 2.25. The van der Waals surface area contributed by atoms with Crippen molar-refractivity contribution in [3.63, 3.8) is 0 Å². The molecule has 3 heteroatoms. The molecule has 1 aromatic rings. The van der Waals surface area contributed by atoms with E-state index in [0.717, 1.165) is 11.3 Å². The van der Waals surface area contributed by atoms with E-state index in [-0.39, 0.29) is 5.92 Å². The maximum Gasteiger partial charge on any atom is 0.118 e. The average molecular weight is 205 g/mol. The van der Waals surface area contributed by atoms with Crippen molar-refractivity contribution in [1.29, 1.82) is 5.26 Å². The number of benzene rings is 1. The van der Waals surface area contributed by atoms with Gasteiger partial charge in [-0.3, -0.25) is 0 Å². The van der Waals surface area contributed by atoms with Crippen molar-refractivity contribution in [1.82, 2.24) is 0 Å². The zero-order chi connectivity index (χ0) is 11.3. The highest BCUT2D eigenvalue weighted by molar-refractivity contribution is 5.28. The summed E-state index contributed by atoms with van der Waals surface area (Å²) in [6.07, 6.45) is -0.233. The molecule has 0 radical (unpaired) electrons. The average Bonchev–Trinajstić information content (AvgIpc) is 2.28. The SMILES string of the molecule is COc1ccc(C(O)C(C)CC#N)cc1. The van der Waals surface area contributed by atoms with E-state index in [2.05, 4.69) is 6.07 Å². The van der Waals surface area contributed by atoms with Crippen molar-refractivity contribution in [3.8, 4) is 11.8 Å². The zero-order valence-corrected chi connectivity index (χ0v) is 8.97. The number of hydrogen-bond donors (Lipinski definition) is 1. The summed E-state index contributed by atoms with van der Waals surface area (Å²) in [6.45, 7) is 1.86. The van der Waals surface area contributed by atoms with E-state index in [1.165, 1.54) is 0 Å². The Morgan fingerprint density at radius 3 is 2.47 bits per heavy atom. The van der Waals surface area contributed by atoms with Gasteiger partial charge in [0, 0.05) is 6.42 Å². The van der Waals surface area contributed by atoms with Crippen molar-refractivity contribution in [2.75, 3.05) is 7.11 Å². The van der Waals surface area contributed by atoms with Crippen molar-refractivity contribution in [2.24, 2.45) is 5.92 Å². The molecule has 3 nitrogen and oxygen atoms in total. The van der Waals surface area contributed by atoms with Crippen LogP contribution in [0.3, 0.4) is 0 Å². The van der Waals surface area contributed by atoms with Crippen LogP contribution in [-0.2, 0) is 0 Å². The van der Waals surface area contributed by atoms with Gasteiger partial charge >= 0.3 is 0 Å².